The zero-order chi connectivity index (χ0) is 36.3. The SMILES string of the molecule is CCCCCCCCCCCC(Cl)C(=O)NN(c1ccccc1)c1cc(-c2c(Cl)cc(OC)cc2Cl)ccc1N(C1=CC(=O)N=N1)S(=O)(=O)O. The fraction of sp³-hybridized carbons (Fsp3) is 0.371. The van der Waals surface area contributed by atoms with Crippen molar-refractivity contribution in [1.82, 2.24) is 5.43 Å². The van der Waals surface area contributed by atoms with Crippen LogP contribution in [-0.2, 0) is 19.9 Å². The van der Waals surface area contributed by atoms with Crippen molar-refractivity contribution in [3.8, 4) is 16.9 Å². The predicted molar refractivity (Wildman–Crippen MR) is 199 cm³/mol. The lowest BCUT2D eigenvalue weighted by molar-refractivity contribution is -0.120. The number of ether oxygens (including phenoxy) is 1. The molecule has 3 aromatic rings. The minimum absolute atomic E-state index is 0.0324. The molecule has 1 unspecified atom stereocenters. The maximum atomic E-state index is 13.7. The molecule has 0 spiro atoms. The zero-order valence-corrected chi connectivity index (χ0v) is 30.9. The Balaban J connectivity index is 1.73. The van der Waals surface area contributed by atoms with Crippen LogP contribution < -0.4 is 19.5 Å². The van der Waals surface area contributed by atoms with Crippen LogP contribution >= 0.6 is 34.8 Å². The third-order valence-electron chi connectivity index (χ3n) is 8.00. The fourth-order valence-corrected chi connectivity index (χ4v) is 7.11. The number of hydrogen-bond donors (Lipinski definition) is 2. The Morgan fingerprint density at radius 1 is 0.900 bits per heavy atom. The summed E-state index contributed by atoms with van der Waals surface area (Å²) in [4.78, 5) is 25.6. The molecule has 268 valence electrons. The van der Waals surface area contributed by atoms with Gasteiger partial charge in [0, 0.05) is 5.56 Å². The molecular formula is C35H40Cl3N5O6S. The van der Waals surface area contributed by atoms with Crippen molar-refractivity contribution >= 4 is 74.0 Å². The van der Waals surface area contributed by atoms with Gasteiger partial charge >= 0.3 is 10.3 Å². The Morgan fingerprint density at radius 2 is 1.52 bits per heavy atom. The van der Waals surface area contributed by atoms with Crippen LogP contribution in [0.5, 0.6) is 5.75 Å². The van der Waals surface area contributed by atoms with Crippen LogP contribution in [-0.4, -0.2) is 37.3 Å². The molecule has 1 atom stereocenters. The van der Waals surface area contributed by atoms with E-state index >= 15 is 0 Å². The van der Waals surface area contributed by atoms with Crippen LogP contribution in [0.2, 0.25) is 10.0 Å². The van der Waals surface area contributed by atoms with E-state index in [4.69, 9.17) is 39.5 Å². The summed E-state index contributed by atoms with van der Waals surface area (Å²) in [5.74, 6) is -1.41. The predicted octanol–water partition coefficient (Wildman–Crippen LogP) is 9.81. The largest absolute Gasteiger partial charge is 0.497 e. The summed E-state index contributed by atoms with van der Waals surface area (Å²) < 4.78 is 42.0. The van der Waals surface area contributed by atoms with Gasteiger partial charge in [-0.25, -0.2) is 0 Å². The molecule has 50 heavy (non-hydrogen) atoms. The van der Waals surface area contributed by atoms with Gasteiger partial charge in [0.2, 0.25) is 0 Å². The summed E-state index contributed by atoms with van der Waals surface area (Å²) in [7, 11) is -3.64. The lowest BCUT2D eigenvalue weighted by atomic mass is 10.0. The number of azo groups is 1. The third-order valence-corrected chi connectivity index (χ3v) is 9.86. The molecule has 3 aromatic carbocycles. The molecule has 1 aliphatic heterocycles. The maximum absolute atomic E-state index is 13.7. The van der Waals surface area contributed by atoms with E-state index in [1.165, 1.54) is 62.4 Å². The van der Waals surface area contributed by atoms with Gasteiger partial charge in [-0.05, 0) is 48.4 Å². The van der Waals surface area contributed by atoms with E-state index < -0.39 is 33.3 Å². The summed E-state index contributed by atoms with van der Waals surface area (Å²) in [6.07, 6.45) is 11.3. The maximum Gasteiger partial charge on any atom is 0.365 e. The van der Waals surface area contributed by atoms with E-state index in [1.54, 1.807) is 42.5 Å². The summed E-state index contributed by atoms with van der Waals surface area (Å²) in [6, 6.07) is 16.1. The monoisotopic (exact) mass is 763 g/mol. The summed E-state index contributed by atoms with van der Waals surface area (Å²) >= 11 is 19.9. The summed E-state index contributed by atoms with van der Waals surface area (Å²) in [5.41, 5.74) is 3.89. The van der Waals surface area contributed by atoms with Crippen molar-refractivity contribution in [3.63, 3.8) is 0 Å². The molecule has 0 radical (unpaired) electrons. The van der Waals surface area contributed by atoms with Gasteiger partial charge in [-0.2, -0.15) is 12.7 Å². The molecule has 0 bridgehead atoms. The Kier molecular flexibility index (Phi) is 14.5. The summed E-state index contributed by atoms with van der Waals surface area (Å²) in [5, 5.41) is 7.93. The van der Waals surface area contributed by atoms with E-state index in [2.05, 4.69) is 22.6 Å². The molecule has 2 N–H and O–H groups in total. The zero-order valence-electron chi connectivity index (χ0n) is 27.8. The van der Waals surface area contributed by atoms with Gasteiger partial charge in [-0.1, -0.05) is 112 Å². The number of halogens is 3. The average molecular weight is 765 g/mol. The Bertz CT molecular complexity index is 1800. The standard InChI is InChI=1S/C35H40Cl3N5O6S/c1-3-4-5-6-7-8-9-10-14-17-27(36)35(45)41-42(25-15-12-11-13-16-25)31-20-24(34-28(37)21-26(49-2)22-29(34)38)18-19-30(31)43(50(46,47)48)32-23-33(44)40-39-32/h11-13,15-16,18-23,27H,3-10,14,17H2,1-2H3,(H,41,45)(H,46,47,48). The fourth-order valence-electron chi connectivity index (χ4n) is 5.49. The number of unbranched alkanes of at least 4 members (excludes halogenated alkanes) is 8. The van der Waals surface area contributed by atoms with Crippen molar-refractivity contribution in [2.75, 3.05) is 16.4 Å². The normalized spacial score (nSPS) is 13.2. The molecule has 0 fully saturated rings. The van der Waals surface area contributed by atoms with E-state index in [1.807, 2.05) is 0 Å². The van der Waals surface area contributed by atoms with Crippen LogP contribution in [0, 0.1) is 0 Å². The van der Waals surface area contributed by atoms with Gasteiger partial charge in [0.05, 0.1) is 40.3 Å². The van der Waals surface area contributed by atoms with Crippen molar-refractivity contribution < 1.29 is 27.3 Å². The lowest BCUT2D eigenvalue weighted by Crippen LogP contribution is -2.44. The van der Waals surface area contributed by atoms with Crippen LogP contribution in [0.3, 0.4) is 0 Å². The van der Waals surface area contributed by atoms with Crippen molar-refractivity contribution in [2.45, 2.75) is 76.5 Å². The number of nitrogens with one attached hydrogen (secondary N) is 1. The lowest BCUT2D eigenvalue weighted by Gasteiger charge is -2.31. The number of nitrogens with zero attached hydrogens (tertiary/aromatic N) is 4. The van der Waals surface area contributed by atoms with Crippen LogP contribution in [0.15, 0.2) is 82.8 Å². The molecule has 0 aromatic heterocycles. The van der Waals surface area contributed by atoms with Crippen molar-refractivity contribution in [3.05, 3.63) is 82.6 Å². The van der Waals surface area contributed by atoms with Crippen molar-refractivity contribution in [1.29, 1.82) is 0 Å². The van der Waals surface area contributed by atoms with Crippen molar-refractivity contribution in [2.24, 2.45) is 10.2 Å². The average Bonchev–Trinajstić information content (AvgIpc) is 3.51. The highest BCUT2D eigenvalue weighted by Gasteiger charge is 2.33. The molecule has 0 aliphatic carbocycles. The van der Waals surface area contributed by atoms with E-state index in [9.17, 15) is 22.6 Å². The van der Waals surface area contributed by atoms with Gasteiger partial charge in [0.15, 0.2) is 5.82 Å². The first-order valence-electron chi connectivity index (χ1n) is 16.4. The third kappa shape index (κ3) is 10.4. The molecule has 0 saturated heterocycles. The number of hydrogen-bond acceptors (Lipinski definition) is 7. The molecular weight excluding hydrogens is 725 g/mol. The van der Waals surface area contributed by atoms with Crippen LogP contribution in [0.1, 0.15) is 71.1 Å². The number of carbonyl (C=O) groups is 2. The van der Waals surface area contributed by atoms with E-state index in [-0.39, 0.29) is 21.4 Å². The first-order chi connectivity index (χ1) is 23.9. The Labute approximate surface area is 308 Å². The first kappa shape index (κ1) is 39.1. The van der Waals surface area contributed by atoms with Crippen LogP contribution in [0.4, 0.5) is 17.1 Å². The number of benzene rings is 3. The molecule has 4 rings (SSSR count). The molecule has 1 aliphatic rings. The molecule has 15 heteroatoms. The Morgan fingerprint density at radius 3 is 2.08 bits per heavy atom. The highest BCUT2D eigenvalue weighted by molar-refractivity contribution is 7.87. The number of hydrazine groups is 1. The molecule has 1 heterocycles. The number of para-hydroxylation sites is 1. The van der Waals surface area contributed by atoms with E-state index in [0.717, 1.165) is 31.8 Å². The highest BCUT2D eigenvalue weighted by Crippen LogP contribution is 2.44. The molecule has 2 amide bonds. The number of anilines is 3. The van der Waals surface area contributed by atoms with Gasteiger partial charge in [-0.15, -0.1) is 21.8 Å². The second-order valence-corrected chi connectivity index (χ2v) is 14.3. The minimum atomic E-state index is -5.11. The first-order valence-corrected chi connectivity index (χ1v) is 19.0. The quantitative estimate of drug-likeness (QED) is 0.0536. The molecule has 11 nitrogen and oxygen atoms in total. The van der Waals surface area contributed by atoms with E-state index in [0.29, 0.717) is 33.3 Å². The highest BCUT2D eigenvalue weighted by atomic mass is 35.5. The topological polar surface area (TPSA) is 141 Å². The van der Waals surface area contributed by atoms with Gasteiger partial charge in [0.25, 0.3) is 11.8 Å². The Hall–Kier alpha value is -3.68. The number of carbonyl (C=O) groups excluding carboxylic acids is 2. The number of rotatable bonds is 19. The second kappa shape index (κ2) is 18.5. The number of alkyl halides is 1. The number of methoxy groups -OCH3 is 1. The van der Waals surface area contributed by atoms with Gasteiger partial charge in [-0.3, -0.25) is 24.6 Å². The smallest absolute Gasteiger partial charge is 0.365 e. The van der Waals surface area contributed by atoms with Crippen LogP contribution in [0.25, 0.3) is 11.1 Å². The summed E-state index contributed by atoms with van der Waals surface area (Å²) in [6.45, 7) is 2.20. The second-order valence-electron chi connectivity index (χ2n) is 11.7. The van der Waals surface area contributed by atoms with Gasteiger partial charge < -0.3 is 4.74 Å². The molecule has 0 saturated carbocycles. The minimum Gasteiger partial charge on any atom is -0.497 e. The number of amides is 2. The van der Waals surface area contributed by atoms with Gasteiger partial charge in [0.1, 0.15) is 11.1 Å².